The lowest BCUT2D eigenvalue weighted by atomic mass is 9.97. The van der Waals surface area contributed by atoms with Gasteiger partial charge in [-0.15, -0.1) is 10.2 Å². The van der Waals surface area contributed by atoms with E-state index in [9.17, 15) is 9.59 Å². The summed E-state index contributed by atoms with van der Waals surface area (Å²) in [5.74, 6) is 0.726. The van der Waals surface area contributed by atoms with Crippen molar-refractivity contribution in [2.45, 2.75) is 32.1 Å². The molecule has 7 nitrogen and oxygen atoms in total. The molecule has 3 heterocycles. The molecule has 4 rings (SSSR count). The van der Waals surface area contributed by atoms with E-state index in [0.717, 1.165) is 50.3 Å². The highest BCUT2D eigenvalue weighted by Gasteiger charge is 2.27. The number of hydrogen-bond acceptors (Lipinski definition) is 5. The molecule has 0 saturated carbocycles. The molecular formula is C21H24ClN5O2. The second kappa shape index (κ2) is 8.78. The Labute approximate surface area is 175 Å². The standard InChI is InChI=1S/C21H24ClN5O2/c22-18-9-10-19(25-24-18)26-11-4-5-15(14-26)21(29)23-16-6-3-7-17(13-16)27-12-2-1-8-20(27)28/h3,6-7,9-10,13,15H,1-2,4-5,8,11-12,14H2,(H,23,29)/t15-/m0/s1. The van der Waals surface area contributed by atoms with Crippen molar-refractivity contribution in [2.24, 2.45) is 5.92 Å². The number of nitrogens with zero attached hydrogens (tertiary/aromatic N) is 4. The summed E-state index contributed by atoms with van der Waals surface area (Å²) >= 11 is 5.82. The number of benzene rings is 1. The predicted octanol–water partition coefficient (Wildman–Crippen LogP) is 3.50. The molecule has 2 fully saturated rings. The summed E-state index contributed by atoms with van der Waals surface area (Å²) in [6, 6.07) is 11.1. The van der Waals surface area contributed by atoms with Gasteiger partial charge in [-0.2, -0.15) is 0 Å². The Bertz CT molecular complexity index is 889. The zero-order valence-corrected chi connectivity index (χ0v) is 16.9. The molecule has 2 saturated heterocycles. The van der Waals surface area contributed by atoms with E-state index in [1.54, 1.807) is 11.0 Å². The number of anilines is 3. The molecule has 0 radical (unpaired) electrons. The van der Waals surface area contributed by atoms with Crippen LogP contribution in [-0.2, 0) is 9.59 Å². The molecule has 152 valence electrons. The second-order valence-corrected chi connectivity index (χ2v) is 7.93. The summed E-state index contributed by atoms with van der Waals surface area (Å²) in [5.41, 5.74) is 1.56. The average molecular weight is 414 g/mol. The van der Waals surface area contributed by atoms with Gasteiger partial charge in [-0.3, -0.25) is 9.59 Å². The first-order chi connectivity index (χ1) is 14.1. The van der Waals surface area contributed by atoms with E-state index in [4.69, 9.17) is 11.6 Å². The van der Waals surface area contributed by atoms with Gasteiger partial charge in [0.05, 0.1) is 5.92 Å². The number of nitrogens with one attached hydrogen (secondary N) is 1. The van der Waals surface area contributed by atoms with Gasteiger partial charge in [0.15, 0.2) is 11.0 Å². The van der Waals surface area contributed by atoms with Crippen molar-refractivity contribution in [1.82, 2.24) is 10.2 Å². The van der Waals surface area contributed by atoms with Gasteiger partial charge in [-0.05, 0) is 56.0 Å². The van der Waals surface area contributed by atoms with Crippen LogP contribution in [0, 0.1) is 5.92 Å². The minimum atomic E-state index is -0.137. The molecule has 0 spiro atoms. The summed E-state index contributed by atoms with van der Waals surface area (Å²) < 4.78 is 0. The molecular weight excluding hydrogens is 390 g/mol. The predicted molar refractivity (Wildman–Crippen MR) is 113 cm³/mol. The SMILES string of the molecule is O=C(Nc1cccc(N2CCCCC2=O)c1)[C@H]1CCCN(c2ccc(Cl)nn2)C1. The zero-order valence-electron chi connectivity index (χ0n) is 16.2. The quantitative estimate of drug-likeness (QED) is 0.829. The Balaban J connectivity index is 1.41. The van der Waals surface area contributed by atoms with Crippen LogP contribution in [0.1, 0.15) is 32.1 Å². The maximum atomic E-state index is 12.9. The minimum Gasteiger partial charge on any atom is -0.354 e. The van der Waals surface area contributed by atoms with Crippen molar-refractivity contribution in [3.63, 3.8) is 0 Å². The fraction of sp³-hybridized carbons (Fsp3) is 0.429. The molecule has 1 atom stereocenters. The molecule has 29 heavy (non-hydrogen) atoms. The van der Waals surface area contributed by atoms with Crippen molar-refractivity contribution in [1.29, 1.82) is 0 Å². The second-order valence-electron chi connectivity index (χ2n) is 7.54. The van der Waals surface area contributed by atoms with Gasteiger partial charge in [0.25, 0.3) is 0 Å². The molecule has 0 aliphatic carbocycles. The monoisotopic (exact) mass is 413 g/mol. The lowest BCUT2D eigenvalue weighted by molar-refractivity contribution is -0.120. The van der Waals surface area contributed by atoms with Crippen molar-refractivity contribution < 1.29 is 9.59 Å². The average Bonchev–Trinajstić information content (AvgIpc) is 2.75. The Morgan fingerprint density at radius 3 is 2.79 bits per heavy atom. The van der Waals surface area contributed by atoms with Gasteiger partial charge >= 0.3 is 0 Å². The number of rotatable bonds is 4. The molecule has 1 N–H and O–H groups in total. The van der Waals surface area contributed by atoms with Crippen LogP contribution >= 0.6 is 11.6 Å². The highest BCUT2D eigenvalue weighted by Crippen LogP contribution is 2.26. The topological polar surface area (TPSA) is 78.4 Å². The van der Waals surface area contributed by atoms with Gasteiger partial charge in [-0.25, -0.2) is 0 Å². The van der Waals surface area contributed by atoms with Crippen molar-refractivity contribution in [3.05, 3.63) is 41.6 Å². The Kier molecular flexibility index (Phi) is 5.94. The first-order valence-electron chi connectivity index (χ1n) is 10.1. The first kappa shape index (κ1) is 19.6. The van der Waals surface area contributed by atoms with E-state index in [1.165, 1.54) is 0 Å². The summed E-state index contributed by atoms with van der Waals surface area (Å²) in [6.45, 7) is 2.16. The van der Waals surface area contributed by atoms with E-state index in [2.05, 4.69) is 20.4 Å². The Morgan fingerprint density at radius 2 is 2.00 bits per heavy atom. The van der Waals surface area contributed by atoms with Gasteiger partial charge < -0.3 is 15.1 Å². The van der Waals surface area contributed by atoms with E-state index >= 15 is 0 Å². The highest BCUT2D eigenvalue weighted by atomic mass is 35.5. The van der Waals surface area contributed by atoms with E-state index in [-0.39, 0.29) is 17.7 Å². The smallest absolute Gasteiger partial charge is 0.229 e. The highest BCUT2D eigenvalue weighted by molar-refractivity contribution is 6.29. The van der Waals surface area contributed by atoms with Crippen LogP contribution in [0.4, 0.5) is 17.2 Å². The zero-order chi connectivity index (χ0) is 20.2. The number of aromatic nitrogens is 2. The fourth-order valence-electron chi connectivity index (χ4n) is 3.95. The Morgan fingerprint density at radius 1 is 1.10 bits per heavy atom. The van der Waals surface area contributed by atoms with Gasteiger partial charge in [0.1, 0.15) is 0 Å². The molecule has 2 aliphatic heterocycles. The first-order valence-corrected chi connectivity index (χ1v) is 10.4. The van der Waals surface area contributed by atoms with E-state index in [0.29, 0.717) is 23.8 Å². The van der Waals surface area contributed by atoms with Crippen molar-refractivity contribution >= 4 is 40.6 Å². The third-order valence-electron chi connectivity index (χ3n) is 5.48. The number of carbonyl (C=O) groups excluding carboxylic acids is 2. The minimum absolute atomic E-state index is 0.0151. The maximum Gasteiger partial charge on any atom is 0.229 e. The van der Waals surface area contributed by atoms with Crippen LogP contribution in [0.25, 0.3) is 0 Å². The normalized spacial score (nSPS) is 19.9. The van der Waals surface area contributed by atoms with Crippen molar-refractivity contribution in [2.75, 3.05) is 34.8 Å². The van der Waals surface area contributed by atoms with Gasteiger partial charge in [0.2, 0.25) is 11.8 Å². The molecule has 2 amide bonds. The summed E-state index contributed by atoms with van der Waals surface area (Å²) in [5, 5.41) is 11.4. The molecule has 1 aromatic carbocycles. The number of hydrogen-bond donors (Lipinski definition) is 1. The van der Waals surface area contributed by atoms with Crippen LogP contribution < -0.4 is 15.1 Å². The number of carbonyl (C=O) groups is 2. The largest absolute Gasteiger partial charge is 0.354 e. The van der Waals surface area contributed by atoms with Gasteiger partial charge in [0, 0.05) is 37.4 Å². The van der Waals surface area contributed by atoms with Crippen LogP contribution in [-0.4, -0.2) is 41.6 Å². The van der Waals surface area contributed by atoms with E-state index < -0.39 is 0 Å². The lowest BCUT2D eigenvalue weighted by Crippen LogP contribution is -2.41. The third-order valence-corrected chi connectivity index (χ3v) is 5.68. The summed E-state index contributed by atoms with van der Waals surface area (Å²) in [6.07, 6.45) is 4.27. The van der Waals surface area contributed by atoms with Crippen LogP contribution in [0.3, 0.4) is 0 Å². The molecule has 8 heteroatoms. The van der Waals surface area contributed by atoms with Gasteiger partial charge in [-0.1, -0.05) is 17.7 Å². The summed E-state index contributed by atoms with van der Waals surface area (Å²) in [4.78, 5) is 28.9. The molecule has 0 unspecified atom stereocenters. The van der Waals surface area contributed by atoms with Crippen LogP contribution in [0.5, 0.6) is 0 Å². The third kappa shape index (κ3) is 4.67. The van der Waals surface area contributed by atoms with E-state index in [1.807, 2.05) is 30.3 Å². The molecule has 0 bridgehead atoms. The fourth-order valence-corrected chi connectivity index (χ4v) is 4.05. The van der Waals surface area contributed by atoms with Crippen molar-refractivity contribution in [3.8, 4) is 0 Å². The molecule has 2 aromatic rings. The van der Waals surface area contributed by atoms with Crippen LogP contribution in [0.15, 0.2) is 36.4 Å². The number of piperidine rings is 2. The Hall–Kier alpha value is -2.67. The maximum absolute atomic E-state index is 12.9. The van der Waals surface area contributed by atoms with Crippen LogP contribution in [0.2, 0.25) is 5.15 Å². The number of halogens is 1. The molecule has 1 aromatic heterocycles. The number of amides is 2. The lowest BCUT2D eigenvalue weighted by Gasteiger charge is -2.32. The molecule has 2 aliphatic rings. The summed E-state index contributed by atoms with van der Waals surface area (Å²) in [7, 11) is 0.